The van der Waals surface area contributed by atoms with Crippen molar-refractivity contribution >= 4 is 44.8 Å². The average molecular weight is 381 g/mol. The standard InChI is InChI=1S/C13H9BrN4OS2/c14-10-6-7-20-12(10)11(19)8-21-13-15-16-17-18(13)9-4-2-1-3-5-9/h1-7H,8H2. The van der Waals surface area contributed by atoms with Gasteiger partial charge in [0.25, 0.3) is 0 Å². The van der Waals surface area contributed by atoms with Gasteiger partial charge in [0.1, 0.15) is 0 Å². The van der Waals surface area contributed by atoms with E-state index >= 15 is 0 Å². The molecule has 0 saturated heterocycles. The summed E-state index contributed by atoms with van der Waals surface area (Å²) in [6.45, 7) is 0. The number of benzene rings is 1. The highest BCUT2D eigenvalue weighted by Gasteiger charge is 2.15. The number of carbonyl (C=O) groups excluding carboxylic acids is 1. The van der Waals surface area contributed by atoms with Crippen LogP contribution in [0.2, 0.25) is 0 Å². The molecule has 0 saturated carbocycles. The second-order valence-corrected chi connectivity index (χ2v) is 6.73. The maximum absolute atomic E-state index is 12.2. The molecule has 2 aromatic heterocycles. The number of tetrazole rings is 1. The fourth-order valence-corrected chi connectivity index (χ4v) is 4.08. The highest BCUT2D eigenvalue weighted by Crippen LogP contribution is 2.26. The summed E-state index contributed by atoms with van der Waals surface area (Å²) >= 11 is 6.13. The molecule has 0 fully saturated rings. The Morgan fingerprint density at radius 2 is 2.10 bits per heavy atom. The van der Waals surface area contributed by atoms with Crippen LogP contribution in [0.15, 0.2) is 51.4 Å². The first-order valence-electron chi connectivity index (χ1n) is 5.98. The number of nitrogens with zero attached hydrogens (tertiary/aromatic N) is 4. The van der Waals surface area contributed by atoms with E-state index in [0.717, 1.165) is 15.0 Å². The van der Waals surface area contributed by atoms with Crippen molar-refractivity contribution in [2.45, 2.75) is 5.16 Å². The fourth-order valence-electron chi connectivity index (χ4n) is 1.69. The molecule has 3 aromatic rings. The summed E-state index contributed by atoms with van der Waals surface area (Å²) in [5.74, 6) is 0.358. The number of ketones is 1. The van der Waals surface area contributed by atoms with E-state index in [9.17, 15) is 4.79 Å². The highest BCUT2D eigenvalue weighted by molar-refractivity contribution is 9.10. The summed E-state index contributed by atoms with van der Waals surface area (Å²) in [6.07, 6.45) is 0. The molecule has 21 heavy (non-hydrogen) atoms. The number of Topliss-reactive ketones (excluding diaryl/α,β-unsaturated/α-hetero) is 1. The van der Waals surface area contributed by atoms with Crippen LogP contribution in [0.4, 0.5) is 0 Å². The second kappa shape index (κ2) is 6.50. The quantitative estimate of drug-likeness (QED) is 0.500. The summed E-state index contributed by atoms with van der Waals surface area (Å²) in [5.41, 5.74) is 0.870. The molecule has 0 amide bonds. The summed E-state index contributed by atoms with van der Waals surface area (Å²) in [7, 11) is 0. The van der Waals surface area contributed by atoms with Gasteiger partial charge >= 0.3 is 0 Å². The number of halogens is 1. The minimum atomic E-state index is 0.0597. The van der Waals surface area contributed by atoms with Gasteiger partial charge in [-0.2, -0.15) is 4.68 Å². The van der Waals surface area contributed by atoms with Crippen molar-refractivity contribution in [3.8, 4) is 5.69 Å². The van der Waals surface area contributed by atoms with Gasteiger partial charge in [-0.05, 0) is 49.9 Å². The second-order valence-electron chi connectivity index (χ2n) is 4.02. The average Bonchev–Trinajstić information content (AvgIpc) is 3.14. The fraction of sp³-hybridized carbons (Fsp3) is 0.0769. The van der Waals surface area contributed by atoms with E-state index in [1.165, 1.54) is 23.1 Å². The number of rotatable bonds is 5. The molecule has 0 unspecified atom stereocenters. The Labute approximate surface area is 137 Å². The third kappa shape index (κ3) is 3.22. The van der Waals surface area contributed by atoms with Gasteiger partial charge in [0.05, 0.1) is 16.3 Å². The zero-order valence-corrected chi connectivity index (χ0v) is 13.9. The van der Waals surface area contributed by atoms with Gasteiger partial charge in [0.2, 0.25) is 5.16 Å². The van der Waals surface area contributed by atoms with Crippen molar-refractivity contribution in [2.75, 3.05) is 5.75 Å². The molecule has 0 spiro atoms. The normalized spacial score (nSPS) is 10.7. The number of thioether (sulfide) groups is 1. The van der Waals surface area contributed by atoms with Crippen LogP contribution in [-0.2, 0) is 0 Å². The Kier molecular flexibility index (Phi) is 4.47. The first kappa shape index (κ1) is 14.4. The van der Waals surface area contributed by atoms with Crippen molar-refractivity contribution < 1.29 is 4.79 Å². The summed E-state index contributed by atoms with van der Waals surface area (Å²) < 4.78 is 2.46. The van der Waals surface area contributed by atoms with E-state index < -0.39 is 0 Å². The lowest BCUT2D eigenvalue weighted by Gasteiger charge is -2.03. The van der Waals surface area contributed by atoms with Crippen LogP contribution < -0.4 is 0 Å². The topological polar surface area (TPSA) is 60.7 Å². The Morgan fingerprint density at radius 1 is 1.29 bits per heavy atom. The van der Waals surface area contributed by atoms with Crippen molar-refractivity contribution in [3.63, 3.8) is 0 Å². The van der Waals surface area contributed by atoms with Crippen LogP contribution in [0.3, 0.4) is 0 Å². The molecule has 0 N–H and O–H groups in total. The smallest absolute Gasteiger partial charge is 0.214 e. The van der Waals surface area contributed by atoms with E-state index in [4.69, 9.17) is 0 Å². The molecular weight excluding hydrogens is 372 g/mol. The van der Waals surface area contributed by atoms with Gasteiger partial charge in [-0.1, -0.05) is 30.0 Å². The number of hydrogen-bond acceptors (Lipinski definition) is 6. The third-order valence-electron chi connectivity index (χ3n) is 2.64. The largest absolute Gasteiger partial charge is 0.292 e. The molecule has 2 heterocycles. The van der Waals surface area contributed by atoms with E-state index in [0.29, 0.717) is 10.9 Å². The van der Waals surface area contributed by atoms with Crippen molar-refractivity contribution in [2.24, 2.45) is 0 Å². The van der Waals surface area contributed by atoms with Crippen molar-refractivity contribution in [3.05, 3.63) is 51.1 Å². The van der Waals surface area contributed by atoms with Crippen molar-refractivity contribution in [1.82, 2.24) is 20.2 Å². The summed E-state index contributed by atoms with van der Waals surface area (Å²) in [4.78, 5) is 12.9. The number of carbonyl (C=O) groups is 1. The van der Waals surface area contributed by atoms with Gasteiger partial charge in [0, 0.05) is 4.47 Å². The minimum absolute atomic E-state index is 0.0597. The Morgan fingerprint density at radius 3 is 2.81 bits per heavy atom. The van der Waals surface area contributed by atoms with Gasteiger partial charge in [0.15, 0.2) is 5.78 Å². The molecule has 0 atom stereocenters. The Balaban J connectivity index is 1.74. The van der Waals surface area contributed by atoms with Gasteiger partial charge < -0.3 is 0 Å². The molecular formula is C13H9BrN4OS2. The zero-order valence-electron chi connectivity index (χ0n) is 10.6. The molecule has 0 radical (unpaired) electrons. The Hall–Kier alpha value is -1.51. The molecule has 1 aromatic carbocycles. The van der Waals surface area contributed by atoms with Gasteiger partial charge in [-0.3, -0.25) is 4.79 Å². The molecule has 0 aliphatic heterocycles. The van der Waals surface area contributed by atoms with Crippen LogP contribution in [0.25, 0.3) is 5.69 Å². The molecule has 3 rings (SSSR count). The SMILES string of the molecule is O=C(CSc1nnnn1-c1ccccc1)c1sccc1Br. The van der Waals surface area contributed by atoms with E-state index in [2.05, 4.69) is 31.5 Å². The molecule has 0 bridgehead atoms. The van der Waals surface area contributed by atoms with Gasteiger partial charge in [-0.15, -0.1) is 16.4 Å². The van der Waals surface area contributed by atoms with Crippen molar-refractivity contribution in [1.29, 1.82) is 0 Å². The predicted octanol–water partition coefficient (Wildman–Crippen LogP) is 3.46. The van der Waals surface area contributed by atoms with Crippen LogP contribution in [-0.4, -0.2) is 31.7 Å². The van der Waals surface area contributed by atoms with E-state index in [-0.39, 0.29) is 5.78 Å². The van der Waals surface area contributed by atoms with Crippen LogP contribution >= 0.6 is 39.0 Å². The maximum atomic E-state index is 12.2. The van der Waals surface area contributed by atoms with Crippen LogP contribution in [0, 0.1) is 0 Å². The van der Waals surface area contributed by atoms with Crippen LogP contribution in [0.5, 0.6) is 0 Å². The highest BCUT2D eigenvalue weighted by atomic mass is 79.9. The first-order chi connectivity index (χ1) is 10.3. The number of hydrogen-bond donors (Lipinski definition) is 0. The zero-order chi connectivity index (χ0) is 14.7. The monoisotopic (exact) mass is 380 g/mol. The first-order valence-corrected chi connectivity index (χ1v) is 8.64. The lowest BCUT2D eigenvalue weighted by molar-refractivity contribution is 0.102. The molecule has 5 nitrogen and oxygen atoms in total. The number of aromatic nitrogens is 4. The molecule has 106 valence electrons. The number of para-hydroxylation sites is 1. The lowest BCUT2D eigenvalue weighted by Crippen LogP contribution is -2.03. The van der Waals surface area contributed by atoms with E-state index in [1.54, 1.807) is 4.68 Å². The Bertz CT molecular complexity index is 756. The van der Waals surface area contributed by atoms with Gasteiger partial charge in [-0.25, -0.2) is 0 Å². The maximum Gasteiger partial charge on any atom is 0.214 e. The summed E-state index contributed by atoms with van der Waals surface area (Å²) in [6, 6.07) is 11.5. The third-order valence-corrected chi connectivity index (χ3v) is 5.44. The molecule has 0 aliphatic rings. The van der Waals surface area contributed by atoms with E-state index in [1.807, 2.05) is 41.8 Å². The molecule has 8 heteroatoms. The summed E-state index contributed by atoms with van der Waals surface area (Å²) in [5, 5.41) is 14.1. The minimum Gasteiger partial charge on any atom is -0.292 e. The number of thiophene rings is 1. The van der Waals surface area contributed by atoms with Crippen LogP contribution in [0.1, 0.15) is 9.67 Å². The predicted molar refractivity (Wildman–Crippen MR) is 86.2 cm³/mol. The lowest BCUT2D eigenvalue weighted by atomic mass is 10.3. The molecule has 0 aliphatic carbocycles.